The van der Waals surface area contributed by atoms with Crippen molar-refractivity contribution in [2.75, 3.05) is 11.4 Å². The van der Waals surface area contributed by atoms with E-state index in [1.165, 1.54) is 12.4 Å². The van der Waals surface area contributed by atoms with Gasteiger partial charge in [0.15, 0.2) is 5.78 Å². The summed E-state index contributed by atoms with van der Waals surface area (Å²) in [5, 5.41) is 0. The molecular weight excluding hydrogens is 366 g/mol. The zero-order valence-corrected chi connectivity index (χ0v) is 16.0. The van der Waals surface area contributed by atoms with Crippen molar-refractivity contribution in [3.8, 4) is 11.4 Å². The molecule has 1 aliphatic carbocycles. The second-order valence-corrected chi connectivity index (χ2v) is 7.73. The molecule has 2 aromatic heterocycles. The Labute approximate surface area is 168 Å². The molecule has 1 saturated carbocycles. The molecule has 1 aromatic carbocycles. The third-order valence-corrected chi connectivity index (χ3v) is 6.13. The molecule has 0 radical (unpaired) electrons. The molecule has 29 heavy (non-hydrogen) atoms. The third-order valence-electron chi connectivity index (χ3n) is 6.13. The molecule has 0 N–H and O–H groups in total. The first-order valence-corrected chi connectivity index (χ1v) is 9.90. The number of ketones is 1. The average molecular weight is 387 g/mol. The van der Waals surface area contributed by atoms with Crippen molar-refractivity contribution in [1.29, 1.82) is 0 Å². The third kappa shape index (κ3) is 3.03. The molecule has 7 nitrogen and oxygen atoms in total. The molecular formula is C22H21N5O2. The second-order valence-electron chi connectivity index (χ2n) is 7.73. The number of benzene rings is 1. The standard InChI is InChI=1S/C22H21N5O2/c28-19(16-5-2-1-3-6-16)14-27-21-25-18(17-7-11-23-15-24-17)13-20(29)26(21)12-10-22(27)8-4-9-22/h1-3,5-7,11,13,15H,4,8-10,12,14H2. The number of rotatable bonds is 4. The molecule has 0 unspecified atom stereocenters. The van der Waals surface area contributed by atoms with Gasteiger partial charge >= 0.3 is 0 Å². The minimum atomic E-state index is -0.116. The molecule has 1 spiro atoms. The van der Waals surface area contributed by atoms with Crippen LogP contribution >= 0.6 is 0 Å². The largest absolute Gasteiger partial charge is 0.329 e. The summed E-state index contributed by atoms with van der Waals surface area (Å²) >= 11 is 0. The van der Waals surface area contributed by atoms with E-state index in [1.54, 1.807) is 16.8 Å². The number of hydrogen-bond donors (Lipinski definition) is 0. The molecule has 1 aliphatic heterocycles. The number of aromatic nitrogens is 4. The first kappa shape index (κ1) is 17.7. The van der Waals surface area contributed by atoms with E-state index in [9.17, 15) is 9.59 Å². The van der Waals surface area contributed by atoms with Crippen molar-refractivity contribution in [2.45, 2.75) is 37.8 Å². The maximum Gasteiger partial charge on any atom is 0.255 e. The fourth-order valence-electron chi connectivity index (χ4n) is 4.35. The summed E-state index contributed by atoms with van der Waals surface area (Å²) in [6.07, 6.45) is 7.09. The molecule has 2 aliphatic rings. The quantitative estimate of drug-likeness (QED) is 0.641. The number of carbonyl (C=O) groups is 1. The van der Waals surface area contributed by atoms with E-state index in [0.29, 0.717) is 29.4 Å². The maximum absolute atomic E-state index is 13.0. The van der Waals surface area contributed by atoms with Gasteiger partial charge in [-0.15, -0.1) is 0 Å². The van der Waals surface area contributed by atoms with Gasteiger partial charge in [-0.3, -0.25) is 14.2 Å². The molecule has 5 rings (SSSR count). The minimum Gasteiger partial charge on any atom is -0.329 e. The van der Waals surface area contributed by atoms with Crippen LogP contribution in [0, 0.1) is 0 Å². The van der Waals surface area contributed by atoms with Crippen molar-refractivity contribution in [3.63, 3.8) is 0 Å². The highest BCUT2D eigenvalue weighted by atomic mass is 16.1. The Balaban J connectivity index is 1.59. The average Bonchev–Trinajstić information content (AvgIpc) is 2.74. The lowest BCUT2D eigenvalue weighted by molar-refractivity contribution is 0.0966. The maximum atomic E-state index is 13.0. The van der Waals surface area contributed by atoms with Gasteiger partial charge in [0.05, 0.1) is 17.9 Å². The van der Waals surface area contributed by atoms with E-state index in [-0.39, 0.29) is 23.4 Å². The van der Waals surface area contributed by atoms with Crippen molar-refractivity contribution >= 4 is 11.7 Å². The lowest BCUT2D eigenvalue weighted by Gasteiger charge is -2.53. The predicted octanol–water partition coefficient (Wildman–Crippen LogP) is 2.72. The molecule has 0 saturated heterocycles. The first-order valence-electron chi connectivity index (χ1n) is 9.90. The predicted molar refractivity (Wildman–Crippen MR) is 109 cm³/mol. The summed E-state index contributed by atoms with van der Waals surface area (Å²) in [4.78, 5) is 40.9. The van der Waals surface area contributed by atoms with E-state index < -0.39 is 0 Å². The lowest BCUT2D eigenvalue weighted by Crippen LogP contribution is -2.60. The fraction of sp³-hybridized carbons (Fsp3) is 0.318. The van der Waals surface area contributed by atoms with Crippen LogP contribution in [-0.4, -0.2) is 37.4 Å². The highest BCUT2D eigenvalue weighted by molar-refractivity contribution is 5.99. The Morgan fingerprint density at radius 3 is 2.59 bits per heavy atom. The highest BCUT2D eigenvalue weighted by Crippen LogP contribution is 2.45. The topological polar surface area (TPSA) is 81.0 Å². The zero-order chi connectivity index (χ0) is 19.8. The summed E-state index contributed by atoms with van der Waals surface area (Å²) in [5.41, 5.74) is 1.58. The number of carbonyl (C=O) groups excluding carboxylic acids is 1. The van der Waals surface area contributed by atoms with Crippen LogP contribution in [0.1, 0.15) is 36.0 Å². The molecule has 0 bridgehead atoms. The van der Waals surface area contributed by atoms with E-state index >= 15 is 0 Å². The van der Waals surface area contributed by atoms with Crippen LogP contribution in [0.15, 0.2) is 59.8 Å². The van der Waals surface area contributed by atoms with Gasteiger partial charge in [0.25, 0.3) is 5.56 Å². The van der Waals surface area contributed by atoms with Gasteiger partial charge in [-0.1, -0.05) is 30.3 Å². The van der Waals surface area contributed by atoms with Crippen molar-refractivity contribution in [3.05, 3.63) is 70.9 Å². The van der Waals surface area contributed by atoms with Gasteiger partial charge in [-0.25, -0.2) is 15.0 Å². The Bertz CT molecular complexity index is 1110. The van der Waals surface area contributed by atoms with Gasteiger partial charge in [-0.2, -0.15) is 0 Å². The van der Waals surface area contributed by atoms with Crippen LogP contribution < -0.4 is 10.5 Å². The van der Waals surface area contributed by atoms with Gasteiger partial charge < -0.3 is 4.90 Å². The number of anilines is 1. The Morgan fingerprint density at radius 1 is 1.07 bits per heavy atom. The zero-order valence-electron chi connectivity index (χ0n) is 16.0. The van der Waals surface area contributed by atoms with Crippen LogP contribution in [-0.2, 0) is 6.54 Å². The van der Waals surface area contributed by atoms with Crippen molar-refractivity contribution in [2.24, 2.45) is 0 Å². The van der Waals surface area contributed by atoms with Gasteiger partial charge in [0.2, 0.25) is 5.95 Å². The fourth-order valence-corrected chi connectivity index (χ4v) is 4.35. The molecule has 146 valence electrons. The molecule has 1 fully saturated rings. The van der Waals surface area contributed by atoms with Crippen LogP contribution in [0.2, 0.25) is 0 Å². The molecule has 0 atom stereocenters. The van der Waals surface area contributed by atoms with Crippen LogP contribution in [0.5, 0.6) is 0 Å². The SMILES string of the molecule is O=C(CN1c2nc(-c3ccncn3)cc(=O)n2CCC12CCC2)c1ccccc1. The molecule has 3 aromatic rings. The summed E-state index contributed by atoms with van der Waals surface area (Å²) in [7, 11) is 0. The summed E-state index contributed by atoms with van der Waals surface area (Å²) in [6.45, 7) is 0.838. The lowest BCUT2D eigenvalue weighted by atomic mass is 9.72. The molecule has 3 heterocycles. The first-order chi connectivity index (χ1) is 14.2. The van der Waals surface area contributed by atoms with E-state index in [1.807, 2.05) is 30.3 Å². The van der Waals surface area contributed by atoms with Gasteiger partial charge in [-0.05, 0) is 31.7 Å². The van der Waals surface area contributed by atoms with Crippen LogP contribution in [0.3, 0.4) is 0 Å². The number of Topliss-reactive ketones (excluding diaryl/α,β-unsaturated/α-hetero) is 1. The number of hydrogen-bond acceptors (Lipinski definition) is 6. The smallest absolute Gasteiger partial charge is 0.255 e. The Hall–Kier alpha value is -3.35. The highest BCUT2D eigenvalue weighted by Gasteiger charge is 2.47. The monoisotopic (exact) mass is 387 g/mol. The van der Waals surface area contributed by atoms with Crippen LogP contribution in [0.4, 0.5) is 5.95 Å². The van der Waals surface area contributed by atoms with Gasteiger partial charge in [0, 0.05) is 29.9 Å². The minimum absolute atomic E-state index is 0.0343. The van der Waals surface area contributed by atoms with Gasteiger partial charge in [0.1, 0.15) is 6.33 Å². The second kappa shape index (κ2) is 6.92. The molecule has 0 amide bonds. The van der Waals surface area contributed by atoms with E-state index in [2.05, 4.69) is 14.9 Å². The Morgan fingerprint density at radius 2 is 1.90 bits per heavy atom. The Kier molecular flexibility index (Phi) is 4.23. The summed E-state index contributed by atoms with van der Waals surface area (Å²) in [6, 6.07) is 12.5. The van der Waals surface area contributed by atoms with E-state index in [4.69, 9.17) is 4.98 Å². The number of nitrogens with zero attached hydrogens (tertiary/aromatic N) is 5. The van der Waals surface area contributed by atoms with Crippen LogP contribution in [0.25, 0.3) is 11.4 Å². The molecule has 7 heteroatoms. The van der Waals surface area contributed by atoms with E-state index in [0.717, 1.165) is 25.7 Å². The summed E-state index contributed by atoms with van der Waals surface area (Å²) in [5.74, 6) is 0.605. The summed E-state index contributed by atoms with van der Waals surface area (Å²) < 4.78 is 1.69. The number of fused-ring (bicyclic) bond motifs is 1. The van der Waals surface area contributed by atoms with Crippen molar-refractivity contribution < 1.29 is 4.79 Å². The van der Waals surface area contributed by atoms with Crippen molar-refractivity contribution in [1.82, 2.24) is 19.5 Å². The normalized spacial score (nSPS) is 16.9.